The first-order chi connectivity index (χ1) is 11.3. The molecule has 1 N–H and O–H groups in total. The predicted molar refractivity (Wildman–Crippen MR) is 95.9 cm³/mol. The largest absolute Gasteiger partial charge is 0.366 e. The second-order valence-electron chi connectivity index (χ2n) is 6.17. The highest BCUT2D eigenvalue weighted by atomic mass is 32.1. The molecule has 1 aromatic carbocycles. The molecule has 4 rings (SSSR count). The number of benzene rings is 1. The zero-order chi connectivity index (χ0) is 15.6. The molecular formula is C18H20N4S. The number of anilines is 1. The van der Waals surface area contributed by atoms with E-state index in [1.54, 1.807) is 6.33 Å². The fourth-order valence-corrected chi connectivity index (χ4v) is 4.19. The zero-order valence-corrected chi connectivity index (χ0v) is 14.0. The van der Waals surface area contributed by atoms with Gasteiger partial charge >= 0.3 is 0 Å². The lowest BCUT2D eigenvalue weighted by Crippen LogP contribution is -2.26. The summed E-state index contributed by atoms with van der Waals surface area (Å²) in [5.74, 6) is 0.935. The molecule has 1 unspecified atom stereocenters. The monoisotopic (exact) mass is 324 g/mol. The molecule has 118 valence electrons. The summed E-state index contributed by atoms with van der Waals surface area (Å²) in [7, 11) is 0. The van der Waals surface area contributed by atoms with Crippen LogP contribution in [0.25, 0.3) is 10.1 Å². The number of fused-ring (bicyclic) bond motifs is 1. The lowest BCUT2D eigenvalue weighted by atomic mass is 10.2. The average molecular weight is 324 g/mol. The molecule has 3 heterocycles. The second kappa shape index (κ2) is 6.26. The molecule has 0 saturated carbocycles. The summed E-state index contributed by atoms with van der Waals surface area (Å²) in [5, 5.41) is 7.25. The van der Waals surface area contributed by atoms with Crippen molar-refractivity contribution in [1.82, 2.24) is 14.9 Å². The van der Waals surface area contributed by atoms with Crippen LogP contribution in [0.5, 0.6) is 0 Å². The summed E-state index contributed by atoms with van der Waals surface area (Å²) in [6.45, 7) is 5.22. The van der Waals surface area contributed by atoms with Gasteiger partial charge in [-0.05, 0) is 35.7 Å². The number of nitrogens with one attached hydrogen (secondary N) is 1. The third-order valence-electron chi connectivity index (χ3n) is 4.38. The van der Waals surface area contributed by atoms with Gasteiger partial charge in [0.05, 0.1) is 0 Å². The van der Waals surface area contributed by atoms with Gasteiger partial charge in [-0.2, -0.15) is 0 Å². The number of rotatable bonds is 4. The minimum atomic E-state index is 0.467. The van der Waals surface area contributed by atoms with Crippen molar-refractivity contribution in [3.8, 4) is 0 Å². The van der Waals surface area contributed by atoms with E-state index in [-0.39, 0.29) is 0 Å². The quantitative estimate of drug-likeness (QED) is 0.795. The van der Waals surface area contributed by atoms with Crippen molar-refractivity contribution < 1.29 is 0 Å². The fourth-order valence-electron chi connectivity index (χ4n) is 3.23. The van der Waals surface area contributed by atoms with Gasteiger partial charge in [-0.25, -0.2) is 9.97 Å². The lowest BCUT2D eigenvalue weighted by Gasteiger charge is -2.17. The van der Waals surface area contributed by atoms with Crippen molar-refractivity contribution in [1.29, 1.82) is 0 Å². The van der Waals surface area contributed by atoms with Crippen molar-refractivity contribution in [3.05, 3.63) is 53.3 Å². The predicted octanol–water partition coefficient (Wildman–Crippen LogP) is 3.69. The molecule has 0 bridgehead atoms. The Labute approximate surface area is 140 Å². The highest BCUT2D eigenvalue weighted by Gasteiger charge is 2.23. The van der Waals surface area contributed by atoms with Crippen molar-refractivity contribution in [3.63, 3.8) is 0 Å². The van der Waals surface area contributed by atoms with Gasteiger partial charge in [-0.15, -0.1) is 11.3 Å². The van der Waals surface area contributed by atoms with Gasteiger partial charge in [0.1, 0.15) is 12.1 Å². The van der Waals surface area contributed by atoms with Gasteiger partial charge in [0.25, 0.3) is 0 Å². The fraction of sp³-hybridized carbons (Fsp3) is 0.333. The van der Waals surface area contributed by atoms with Crippen LogP contribution >= 0.6 is 11.3 Å². The number of thiophene rings is 1. The first-order valence-electron chi connectivity index (χ1n) is 8.00. The van der Waals surface area contributed by atoms with E-state index in [4.69, 9.17) is 0 Å². The number of hydrogen-bond acceptors (Lipinski definition) is 5. The third-order valence-corrected chi connectivity index (χ3v) is 5.40. The summed E-state index contributed by atoms with van der Waals surface area (Å²) in [6, 6.07) is 11.2. The van der Waals surface area contributed by atoms with Crippen molar-refractivity contribution >= 4 is 27.2 Å². The van der Waals surface area contributed by atoms with Gasteiger partial charge in [0.15, 0.2) is 0 Å². The van der Waals surface area contributed by atoms with Crippen LogP contribution in [0.3, 0.4) is 0 Å². The maximum absolute atomic E-state index is 4.31. The van der Waals surface area contributed by atoms with Crippen molar-refractivity contribution in [2.75, 3.05) is 18.4 Å². The van der Waals surface area contributed by atoms with E-state index in [1.807, 2.05) is 24.3 Å². The Hall–Kier alpha value is -1.98. The molecule has 4 nitrogen and oxygen atoms in total. The van der Waals surface area contributed by atoms with Crippen LogP contribution in [0.2, 0.25) is 0 Å². The molecule has 0 radical (unpaired) electrons. The Bertz CT molecular complexity index is 813. The minimum absolute atomic E-state index is 0.467. The maximum atomic E-state index is 4.31. The topological polar surface area (TPSA) is 41.0 Å². The van der Waals surface area contributed by atoms with E-state index in [2.05, 4.69) is 49.8 Å². The van der Waals surface area contributed by atoms with Crippen LogP contribution < -0.4 is 5.32 Å². The maximum Gasteiger partial charge on any atom is 0.129 e. The Balaban J connectivity index is 1.40. The highest BCUT2D eigenvalue weighted by Crippen LogP contribution is 2.27. The normalized spacial score (nSPS) is 18.6. The average Bonchev–Trinajstić information content (AvgIpc) is 3.16. The molecule has 1 aliphatic heterocycles. The molecule has 0 amide bonds. The first-order valence-corrected chi connectivity index (χ1v) is 8.88. The highest BCUT2D eigenvalue weighted by molar-refractivity contribution is 7.17. The lowest BCUT2D eigenvalue weighted by molar-refractivity contribution is 0.330. The molecular weight excluding hydrogens is 304 g/mol. The summed E-state index contributed by atoms with van der Waals surface area (Å²) in [6.07, 6.45) is 2.78. The van der Waals surface area contributed by atoms with E-state index >= 15 is 0 Å². The minimum Gasteiger partial charge on any atom is -0.366 e. The van der Waals surface area contributed by atoms with E-state index < -0.39 is 0 Å². The molecule has 23 heavy (non-hydrogen) atoms. The van der Waals surface area contributed by atoms with Crippen LogP contribution in [0.15, 0.2) is 42.0 Å². The van der Waals surface area contributed by atoms with Crippen molar-refractivity contribution in [2.24, 2.45) is 0 Å². The summed E-state index contributed by atoms with van der Waals surface area (Å²) >= 11 is 1.84. The zero-order valence-electron chi connectivity index (χ0n) is 13.2. The molecule has 5 heteroatoms. The first kappa shape index (κ1) is 14.6. The van der Waals surface area contributed by atoms with E-state index in [9.17, 15) is 0 Å². The Morgan fingerprint density at radius 1 is 1.30 bits per heavy atom. The van der Waals surface area contributed by atoms with Gasteiger partial charge in [-0.1, -0.05) is 18.2 Å². The van der Waals surface area contributed by atoms with E-state index in [0.717, 1.165) is 37.6 Å². The van der Waals surface area contributed by atoms with Gasteiger partial charge in [-0.3, -0.25) is 4.90 Å². The molecule has 1 fully saturated rings. The molecule has 0 spiro atoms. The van der Waals surface area contributed by atoms with Crippen LogP contribution in [-0.4, -0.2) is 34.0 Å². The third kappa shape index (κ3) is 3.21. The number of aryl methyl sites for hydroxylation is 1. The SMILES string of the molecule is Cc1cc(NC2CCN(Cc3csc4ccccc34)C2)ncn1. The van der Waals surface area contributed by atoms with Gasteiger partial charge in [0.2, 0.25) is 0 Å². The summed E-state index contributed by atoms with van der Waals surface area (Å²) in [4.78, 5) is 11.0. The van der Waals surface area contributed by atoms with Crippen molar-refractivity contribution in [2.45, 2.75) is 25.9 Å². The van der Waals surface area contributed by atoms with Crippen LogP contribution in [0.4, 0.5) is 5.82 Å². The summed E-state index contributed by atoms with van der Waals surface area (Å²) < 4.78 is 1.38. The Morgan fingerprint density at radius 2 is 2.22 bits per heavy atom. The smallest absolute Gasteiger partial charge is 0.129 e. The molecule has 1 aliphatic rings. The standard InChI is InChI=1S/C18H20N4S/c1-13-8-18(20-12-19-13)21-15-6-7-22(10-15)9-14-11-23-17-5-3-2-4-16(14)17/h2-5,8,11-12,15H,6-7,9-10H2,1H3,(H,19,20,21). The Morgan fingerprint density at radius 3 is 3.13 bits per heavy atom. The molecule has 3 aromatic rings. The van der Waals surface area contributed by atoms with Gasteiger partial charge < -0.3 is 5.32 Å². The van der Waals surface area contributed by atoms with E-state index in [1.165, 1.54) is 15.6 Å². The number of aromatic nitrogens is 2. The number of nitrogens with zero attached hydrogens (tertiary/aromatic N) is 3. The Kier molecular flexibility index (Phi) is 3.97. The number of likely N-dealkylation sites (tertiary alicyclic amines) is 1. The second-order valence-corrected chi connectivity index (χ2v) is 7.08. The van der Waals surface area contributed by atoms with Gasteiger partial charge in [0, 0.05) is 42.1 Å². The molecule has 2 aromatic heterocycles. The summed E-state index contributed by atoms with van der Waals surface area (Å²) in [5.41, 5.74) is 2.45. The van der Waals surface area contributed by atoms with Crippen LogP contribution in [0, 0.1) is 6.92 Å². The van der Waals surface area contributed by atoms with Crippen LogP contribution in [0.1, 0.15) is 17.7 Å². The van der Waals surface area contributed by atoms with E-state index in [0.29, 0.717) is 6.04 Å². The molecule has 0 aliphatic carbocycles. The number of hydrogen-bond donors (Lipinski definition) is 1. The molecule has 1 atom stereocenters. The van der Waals surface area contributed by atoms with Crippen LogP contribution in [-0.2, 0) is 6.54 Å². The molecule has 1 saturated heterocycles.